The molecule has 29 heavy (non-hydrogen) atoms. The Balaban J connectivity index is 2.14. The summed E-state index contributed by atoms with van der Waals surface area (Å²) in [5.41, 5.74) is 10.1. The molecule has 2 aromatic rings. The average molecular weight is 415 g/mol. The van der Waals surface area contributed by atoms with Gasteiger partial charge in [0.2, 0.25) is 22.7 Å². The van der Waals surface area contributed by atoms with Gasteiger partial charge in [-0.05, 0) is 18.1 Å². The number of aromatic amines is 1. The second-order valence-corrected chi connectivity index (χ2v) is 6.91. The molecule has 2 rings (SSSR count). The van der Waals surface area contributed by atoms with Gasteiger partial charge in [0.1, 0.15) is 6.04 Å². The predicted octanol–water partition coefficient (Wildman–Crippen LogP) is 0.806. The summed E-state index contributed by atoms with van der Waals surface area (Å²) in [4.78, 5) is 53.3. The van der Waals surface area contributed by atoms with Crippen LogP contribution in [0.25, 0.3) is 16.4 Å². The molecule has 0 saturated heterocycles. The van der Waals surface area contributed by atoms with Gasteiger partial charge in [-0.25, -0.2) is 0 Å². The normalized spacial score (nSPS) is 12.5. The molecule has 0 spiro atoms. The van der Waals surface area contributed by atoms with Crippen molar-refractivity contribution in [2.75, 3.05) is 0 Å². The van der Waals surface area contributed by atoms with Gasteiger partial charge in [0, 0.05) is 36.9 Å². The van der Waals surface area contributed by atoms with Crippen LogP contribution in [0.5, 0.6) is 0 Å². The summed E-state index contributed by atoms with van der Waals surface area (Å²) in [6, 6.07) is 5.60. The number of Topliss-reactive ketones (excluding diaryl/α,β-unsaturated/α-hetero) is 1. The monoisotopic (exact) mass is 415 g/mol. The first-order chi connectivity index (χ1) is 13.8. The number of carbonyl (C=O) groups is 4. The highest BCUT2D eigenvalue weighted by molar-refractivity contribution is 7.96. The van der Waals surface area contributed by atoms with E-state index in [1.807, 2.05) is 24.3 Å². The van der Waals surface area contributed by atoms with Gasteiger partial charge in [-0.3, -0.25) is 19.2 Å². The Morgan fingerprint density at radius 2 is 1.93 bits per heavy atom. The van der Waals surface area contributed by atoms with Crippen LogP contribution in [-0.2, 0) is 25.6 Å². The molecule has 0 radical (unpaired) electrons. The molecule has 0 aliphatic rings. The van der Waals surface area contributed by atoms with Crippen molar-refractivity contribution in [1.82, 2.24) is 15.6 Å². The smallest absolute Gasteiger partial charge is 0.323 e. The van der Waals surface area contributed by atoms with E-state index < -0.39 is 34.8 Å². The number of hydrogen-bond donors (Lipinski definition) is 4. The van der Waals surface area contributed by atoms with E-state index >= 15 is 0 Å². The molecule has 2 amide bonds. The lowest BCUT2D eigenvalue weighted by molar-refractivity contribution is -0.129. The topological polar surface area (TPSA) is 145 Å². The summed E-state index contributed by atoms with van der Waals surface area (Å²) in [7, 11) is 0. The number of thiol groups is 1. The molecule has 1 heterocycles. The van der Waals surface area contributed by atoms with E-state index in [1.54, 1.807) is 6.20 Å². The van der Waals surface area contributed by atoms with E-state index in [1.165, 1.54) is 6.92 Å². The largest absolute Gasteiger partial charge is 0.361 e. The zero-order valence-electron chi connectivity index (χ0n) is 15.7. The van der Waals surface area contributed by atoms with E-state index in [-0.39, 0.29) is 19.3 Å². The average Bonchev–Trinajstić information content (AvgIpc) is 3.07. The molecule has 9 nitrogen and oxygen atoms in total. The lowest BCUT2D eigenvalue weighted by atomic mass is 10.0. The Morgan fingerprint density at radius 3 is 2.59 bits per heavy atom. The highest BCUT2D eigenvalue weighted by Crippen LogP contribution is 2.19. The fourth-order valence-corrected chi connectivity index (χ4v) is 3.11. The maximum absolute atomic E-state index is 12.8. The van der Waals surface area contributed by atoms with Gasteiger partial charge in [0.05, 0.1) is 6.04 Å². The molecule has 1 aromatic heterocycles. The van der Waals surface area contributed by atoms with Gasteiger partial charge >= 0.3 is 6.21 Å². The summed E-state index contributed by atoms with van der Waals surface area (Å²) < 4.78 is 0. The fraction of sp³-hybridized carbons (Fsp3) is 0.316. The third kappa shape index (κ3) is 6.41. The standard InChI is InChI=1S/C19H21N5O4S/c1-11(25)23-17(8-12-9-21-15-5-3-2-4-14(12)15)18(27)24-16(19(28)29)7-6-13(26)10-22-20/h2-5,9-10,16-17,21H,6-8H2,1H3,(H,23,25)(H,24,27)(H,28,29)/t16?,17-/m0/s1. The van der Waals surface area contributed by atoms with Crippen molar-refractivity contribution < 1.29 is 24.0 Å². The van der Waals surface area contributed by atoms with Gasteiger partial charge in [0.25, 0.3) is 0 Å². The number of fused-ring (bicyclic) bond motifs is 1. The Bertz CT molecular complexity index is 980. The summed E-state index contributed by atoms with van der Waals surface area (Å²) in [6.07, 6.45) is 2.56. The fourth-order valence-electron chi connectivity index (χ4n) is 2.92. The molecule has 0 aliphatic heterocycles. The maximum Gasteiger partial charge on any atom is 0.323 e. The van der Waals surface area contributed by atoms with Crippen LogP contribution in [0.4, 0.5) is 0 Å². The molecule has 0 saturated carbocycles. The second-order valence-electron chi connectivity index (χ2n) is 6.47. The van der Waals surface area contributed by atoms with Crippen LogP contribution in [0.3, 0.4) is 0 Å². The van der Waals surface area contributed by atoms with Crippen LogP contribution in [0.2, 0.25) is 0 Å². The summed E-state index contributed by atoms with van der Waals surface area (Å²) in [5, 5.41) is 5.42. The highest BCUT2D eigenvalue weighted by atomic mass is 32.1. The number of benzene rings is 1. The van der Waals surface area contributed by atoms with E-state index in [4.69, 9.17) is 5.53 Å². The van der Waals surface area contributed by atoms with E-state index in [0.29, 0.717) is 0 Å². The minimum Gasteiger partial charge on any atom is -0.361 e. The lowest BCUT2D eigenvalue weighted by Gasteiger charge is -2.21. The number of hydrogen-bond acceptors (Lipinski definition) is 4. The van der Waals surface area contributed by atoms with Crippen molar-refractivity contribution in [3.05, 3.63) is 41.6 Å². The first-order valence-corrected chi connectivity index (χ1v) is 9.32. The number of ketones is 1. The third-order valence-corrected chi connectivity index (χ3v) is 4.60. The predicted molar refractivity (Wildman–Crippen MR) is 109 cm³/mol. The molecule has 0 fully saturated rings. The Labute approximate surface area is 172 Å². The van der Waals surface area contributed by atoms with E-state index in [0.717, 1.165) is 22.7 Å². The Kier molecular flexibility index (Phi) is 7.88. The van der Waals surface area contributed by atoms with Gasteiger partial charge in [0.15, 0.2) is 0 Å². The van der Waals surface area contributed by atoms with Crippen LogP contribution < -0.4 is 10.6 Å². The number of nitrogens with zero attached hydrogens (tertiary/aromatic N) is 2. The number of nitrogens with one attached hydrogen (secondary N) is 3. The van der Waals surface area contributed by atoms with Crippen molar-refractivity contribution in [2.24, 2.45) is 0 Å². The number of carbonyl (C=O) groups excluding carboxylic acids is 4. The van der Waals surface area contributed by atoms with Crippen LogP contribution in [0.1, 0.15) is 25.3 Å². The highest BCUT2D eigenvalue weighted by Gasteiger charge is 2.26. The zero-order chi connectivity index (χ0) is 21.4. The van der Waals surface area contributed by atoms with Crippen molar-refractivity contribution in [3.63, 3.8) is 0 Å². The number of rotatable bonds is 10. The molecule has 2 atom stereocenters. The molecular weight excluding hydrogens is 394 g/mol. The van der Waals surface area contributed by atoms with E-state index in [2.05, 4.69) is 33.0 Å². The lowest BCUT2D eigenvalue weighted by Crippen LogP contribution is -2.51. The maximum atomic E-state index is 12.8. The van der Waals surface area contributed by atoms with Gasteiger partial charge in [-0.15, -0.1) is 12.6 Å². The Hall–Kier alpha value is -3.23. The molecule has 152 valence electrons. The van der Waals surface area contributed by atoms with Crippen molar-refractivity contribution in [2.45, 2.75) is 38.3 Å². The summed E-state index contributed by atoms with van der Waals surface area (Å²) >= 11 is 3.76. The molecule has 10 heteroatoms. The Morgan fingerprint density at radius 1 is 1.21 bits per heavy atom. The van der Waals surface area contributed by atoms with E-state index in [9.17, 15) is 19.2 Å². The van der Waals surface area contributed by atoms with Crippen molar-refractivity contribution in [1.29, 1.82) is 0 Å². The molecule has 1 unspecified atom stereocenters. The first-order valence-electron chi connectivity index (χ1n) is 8.87. The van der Waals surface area contributed by atoms with Crippen molar-refractivity contribution in [3.8, 4) is 0 Å². The number of H-pyrrole nitrogens is 1. The SMILES string of the molecule is CC(=O)N[C@@H](Cc1c[nH]c2ccccc12)C(=O)NC(CCC(=O)C=[N+]=[N-])C(=O)S. The van der Waals surface area contributed by atoms with Gasteiger partial charge in [-0.2, -0.15) is 4.79 Å². The van der Waals surface area contributed by atoms with Crippen LogP contribution in [-0.4, -0.2) is 50.8 Å². The molecule has 1 aromatic carbocycles. The van der Waals surface area contributed by atoms with Crippen LogP contribution in [0, 0.1) is 0 Å². The van der Waals surface area contributed by atoms with Gasteiger partial charge in [-0.1, -0.05) is 18.2 Å². The number of para-hydroxylation sites is 1. The van der Waals surface area contributed by atoms with Crippen LogP contribution in [0.15, 0.2) is 30.5 Å². The van der Waals surface area contributed by atoms with Gasteiger partial charge < -0.3 is 21.1 Å². The first kappa shape index (κ1) is 22.1. The zero-order valence-corrected chi connectivity index (χ0v) is 16.6. The van der Waals surface area contributed by atoms with Crippen LogP contribution >= 0.6 is 12.6 Å². The molecular formula is C19H21N5O4S. The minimum atomic E-state index is -1.03. The minimum absolute atomic E-state index is 0.0151. The summed E-state index contributed by atoms with van der Waals surface area (Å²) in [6.45, 7) is 1.30. The number of amides is 2. The molecule has 0 aliphatic carbocycles. The molecule has 3 N–H and O–H groups in total. The van der Waals surface area contributed by atoms with Crippen molar-refractivity contribution >= 4 is 52.5 Å². The third-order valence-electron chi connectivity index (χ3n) is 4.29. The number of aromatic nitrogens is 1. The summed E-state index contributed by atoms with van der Waals surface area (Å²) in [5.74, 6) is -1.47. The second kappa shape index (κ2) is 10.4. The quantitative estimate of drug-likeness (QED) is 0.197. The molecule has 0 bridgehead atoms.